The second kappa shape index (κ2) is 3.56. The molecule has 16 heavy (non-hydrogen) atoms. The highest BCUT2D eigenvalue weighted by Crippen LogP contribution is 2.28. The van der Waals surface area contributed by atoms with Crippen molar-refractivity contribution in [2.45, 2.75) is 31.8 Å². The SMILES string of the molecule is CC(C)(N)c1cncn1C1CCS(=O)(=O)C1. The third-order valence-electron chi connectivity index (χ3n) is 2.93. The lowest BCUT2D eigenvalue weighted by Gasteiger charge is -2.23. The van der Waals surface area contributed by atoms with E-state index in [1.54, 1.807) is 12.5 Å². The number of rotatable bonds is 2. The lowest BCUT2D eigenvalue weighted by molar-refractivity contribution is 0.453. The van der Waals surface area contributed by atoms with Gasteiger partial charge in [0, 0.05) is 12.2 Å². The van der Waals surface area contributed by atoms with Crippen molar-refractivity contribution in [1.82, 2.24) is 9.55 Å². The summed E-state index contributed by atoms with van der Waals surface area (Å²) in [5, 5.41) is 0. The Bertz CT molecular complexity index is 484. The van der Waals surface area contributed by atoms with Crippen molar-refractivity contribution in [3.8, 4) is 0 Å². The van der Waals surface area contributed by atoms with Crippen molar-refractivity contribution in [1.29, 1.82) is 0 Å². The van der Waals surface area contributed by atoms with Crippen LogP contribution in [-0.4, -0.2) is 29.5 Å². The van der Waals surface area contributed by atoms with E-state index in [1.807, 2.05) is 18.4 Å². The average Bonchev–Trinajstić information content (AvgIpc) is 2.68. The van der Waals surface area contributed by atoms with E-state index in [4.69, 9.17) is 5.73 Å². The van der Waals surface area contributed by atoms with Crippen molar-refractivity contribution in [3.05, 3.63) is 18.2 Å². The van der Waals surface area contributed by atoms with Gasteiger partial charge >= 0.3 is 0 Å². The first kappa shape index (κ1) is 11.6. The fourth-order valence-corrected chi connectivity index (χ4v) is 3.80. The van der Waals surface area contributed by atoms with Crippen LogP contribution in [0.25, 0.3) is 0 Å². The summed E-state index contributed by atoms with van der Waals surface area (Å²) in [5.74, 6) is 0.465. The van der Waals surface area contributed by atoms with Gasteiger partial charge in [0.05, 0.1) is 29.1 Å². The van der Waals surface area contributed by atoms with Crippen molar-refractivity contribution in [2.75, 3.05) is 11.5 Å². The van der Waals surface area contributed by atoms with E-state index < -0.39 is 15.4 Å². The summed E-state index contributed by atoms with van der Waals surface area (Å²) in [6, 6.07) is -0.00896. The minimum absolute atomic E-state index is 0.00896. The summed E-state index contributed by atoms with van der Waals surface area (Å²) in [6.07, 6.45) is 4.04. The Morgan fingerprint density at radius 1 is 1.56 bits per heavy atom. The molecular weight excluding hydrogens is 226 g/mol. The monoisotopic (exact) mass is 243 g/mol. The summed E-state index contributed by atoms with van der Waals surface area (Å²) in [6.45, 7) is 3.79. The molecule has 2 rings (SSSR count). The minimum Gasteiger partial charge on any atom is -0.329 e. The Morgan fingerprint density at radius 2 is 2.25 bits per heavy atom. The second-order valence-electron chi connectivity index (χ2n) is 4.96. The number of hydrogen-bond acceptors (Lipinski definition) is 4. The van der Waals surface area contributed by atoms with Crippen LogP contribution >= 0.6 is 0 Å². The molecule has 1 aliphatic rings. The standard InChI is InChI=1S/C10H17N3O2S/c1-10(2,11)9-5-12-7-13(9)8-3-4-16(14,15)6-8/h5,7-8H,3-4,6,11H2,1-2H3. The topological polar surface area (TPSA) is 78.0 Å². The second-order valence-corrected chi connectivity index (χ2v) is 7.19. The van der Waals surface area contributed by atoms with Gasteiger partial charge in [0.15, 0.2) is 9.84 Å². The number of hydrogen-bond donors (Lipinski definition) is 1. The van der Waals surface area contributed by atoms with Gasteiger partial charge in [-0.25, -0.2) is 13.4 Å². The molecule has 1 aromatic rings. The molecule has 1 saturated heterocycles. The number of aromatic nitrogens is 2. The van der Waals surface area contributed by atoms with Crippen LogP contribution in [0.4, 0.5) is 0 Å². The van der Waals surface area contributed by atoms with Crippen LogP contribution in [0, 0.1) is 0 Å². The Hall–Kier alpha value is -0.880. The lowest BCUT2D eigenvalue weighted by atomic mass is 10.0. The third kappa shape index (κ3) is 2.12. The van der Waals surface area contributed by atoms with Gasteiger partial charge in [-0.3, -0.25) is 0 Å². The predicted molar refractivity (Wildman–Crippen MR) is 61.7 cm³/mol. The Balaban J connectivity index is 2.33. The maximum atomic E-state index is 11.4. The van der Waals surface area contributed by atoms with Crippen molar-refractivity contribution >= 4 is 9.84 Å². The predicted octanol–water partition coefficient (Wildman–Crippen LogP) is 0.436. The normalized spacial score (nSPS) is 24.8. The van der Waals surface area contributed by atoms with E-state index in [1.165, 1.54) is 0 Å². The zero-order chi connectivity index (χ0) is 12.0. The maximum absolute atomic E-state index is 11.4. The largest absolute Gasteiger partial charge is 0.329 e. The van der Waals surface area contributed by atoms with E-state index in [2.05, 4.69) is 4.98 Å². The van der Waals surface area contributed by atoms with Gasteiger partial charge in [0.25, 0.3) is 0 Å². The molecule has 0 amide bonds. The van der Waals surface area contributed by atoms with Crippen LogP contribution in [-0.2, 0) is 15.4 Å². The molecule has 1 fully saturated rings. The Kier molecular flexibility index (Phi) is 2.58. The summed E-state index contributed by atoms with van der Waals surface area (Å²) >= 11 is 0. The number of sulfone groups is 1. The van der Waals surface area contributed by atoms with E-state index in [0.29, 0.717) is 6.42 Å². The van der Waals surface area contributed by atoms with E-state index in [0.717, 1.165) is 5.69 Å². The van der Waals surface area contributed by atoms with Crippen molar-refractivity contribution in [3.63, 3.8) is 0 Å². The molecule has 0 saturated carbocycles. The van der Waals surface area contributed by atoms with Gasteiger partial charge in [0.2, 0.25) is 0 Å². The molecule has 1 aromatic heterocycles. The maximum Gasteiger partial charge on any atom is 0.152 e. The summed E-state index contributed by atoms with van der Waals surface area (Å²) in [4.78, 5) is 4.07. The fourth-order valence-electron chi connectivity index (χ4n) is 2.09. The van der Waals surface area contributed by atoms with Crippen LogP contribution in [0.2, 0.25) is 0 Å². The lowest BCUT2D eigenvalue weighted by Crippen LogP contribution is -2.32. The Labute approximate surface area is 95.6 Å². The highest BCUT2D eigenvalue weighted by molar-refractivity contribution is 7.91. The zero-order valence-electron chi connectivity index (χ0n) is 9.55. The van der Waals surface area contributed by atoms with E-state index in [9.17, 15) is 8.42 Å². The van der Waals surface area contributed by atoms with Gasteiger partial charge in [0.1, 0.15) is 0 Å². The number of nitrogens with zero attached hydrogens (tertiary/aromatic N) is 2. The molecule has 1 unspecified atom stereocenters. The van der Waals surface area contributed by atoms with E-state index >= 15 is 0 Å². The highest BCUT2D eigenvalue weighted by Gasteiger charge is 2.32. The highest BCUT2D eigenvalue weighted by atomic mass is 32.2. The summed E-state index contributed by atoms with van der Waals surface area (Å²) < 4.78 is 24.8. The molecule has 2 heterocycles. The summed E-state index contributed by atoms with van der Waals surface area (Å²) in [7, 11) is -2.87. The molecule has 90 valence electrons. The van der Waals surface area contributed by atoms with Gasteiger partial charge in [-0.1, -0.05) is 0 Å². The van der Waals surface area contributed by atoms with Crippen LogP contribution < -0.4 is 5.73 Å². The van der Waals surface area contributed by atoms with Crippen molar-refractivity contribution < 1.29 is 8.42 Å². The quantitative estimate of drug-likeness (QED) is 0.817. The minimum atomic E-state index is -2.87. The van der Waals surface area contributed by atoms with Gasteiger partial charge in [-0.15, -0.1) is 0 Å². The molecule has 1 atom stereocenters. The zero-order valence-corrected chi connectivity index (χ0v) is 10.4. The molecule has 6 heteroatoms. The van der Waals surface area contributed by atoms with Crippen molar-refractivity contribution in [2.24, 2.45) is 5.73 Å². The van der Waals surface area contributed by atoms with Crippen LogP contribution in [0.15, 0.2) is 12.5 Å². The molecule has 1 aliphatic heterocycles. The molecule has 0 aliphatic carbocycles. The first-order chi connectivity index (χ1) is 7.30. The molecule has 0 aromatic carbocycles. The van der Waals surface area contributed by atoms with Gasteiger partial charge in [-0.05, 0) is 20.3 Å². The fraction of sp³-hybridized carbons (Fsp3) is 0.700. The molecule has 5 nitrogen and oxygen atoms in total. The Morgan fingerprint density at radius 3 is 2.75 bits per heavy atom. The van der Waals surface area contributed by atoms with Gasteiger partial charge < -0.3 is 10.3 Å². The first-order valence-electron chi connectivity index (χ1n) is 5.31. The molecule has 0 radical (unpaired) electrons. The van der Waals surface area contributed by atoms with Crippen LogP contribution in [0.1, 0.15) is 32.0 Å². The summed E-state index contributed by atoms with van der Waals surface area (Å²) in [5.41, 5.74) is 6.41. The molecular formula is C10H17N3O2S. The van der Waals surface area contributed by atoms with Gasteiger partial charge in [-0.2, -0.15) is 0 Å². The molecule has 0 bridgehead atoms. The average molecular weight is 243 g/mol. The molecule has 0 spiro atoms. The third-order valence-corrected chi connectivity index (χ3v) is 4.68. The smallest absolute Gasteiger partial charge is 0.152 e. The van der Waals surface area contributed by atoms with E-state index in [-0.39, 0.29) is 17.5 Å². The first-order valence-corrected chi connectivity index (χ1v) is 7.13. The number of nitrogens with two attached hydrogens (primary N) is 1. The van der Waals surface area contributed by atoms with Crippen LogP contribution in [0.3, 0.4) is 0 Å². The molecule has 2 N–H and O–H groups in total. The van der Waals surface area contributed by atoms with Crippen LogP contribution in [0.5, 0.6) is 0 Å². The number of imidazole rings is 1.